The van der Waals surface area contributed by atoms with Gasteiger partial charge in [-0.3, -0.25) is 0 Å². The van der Waals surface area contributed by atoms with E-state index in [9.17, 15) is 8.42 Å². The number of nitrogens with zero attached hydrogens (tertiary/aromatic N) is 1. The Bertz CT molecular complexity index is 225. The second kappa shape index (κ2) is 6.34. The van der Waals surface area contributed by atoms with E-state index in [1.807, 2.05) is 0 Å². The van der Waals surface area contributed by atoms with E-state index >= 15 is 0 Å². The van der Waals surface area contributed by atoms with Gasteiger partial charge >= 0.3 is 29.6 Å². The number of hydrogen-bond donors (Lipinski definition) is 0. The van der Waals surface area contributed by atoms with Gasteiger partial charge in [-0.15, -0.1) is 0 Å². The number of morpholine rings is 1. The Labute approximate surface area is 101 Å². The summed E-state index contributed by atoms with van der Waals surface area (Å²) < 4.78 is 31.7. The zero-order valence-electron chi connectivity index (χ0n) is 7.02. The third-order valence-corrected chi connectivity index (χ3v) is 2.69. The van der Waals surface area contributed by atoms with Crippen LogP contribution >= 0.6 is 0 Å². The van der Waals surface area contributed by atoms with E-state index in [2.05, 4.69) is 0 Å². The molecule has 1 fully saturated rings. The maximum atomic E-state index is 11.0. The molecule has 1 aliphatic heterocycles. The Morgan fingerprint density at radius 2 is 1.92 bits per heavy atom. The molecule has 0 aromatic heterocycles. The van der Waals surface area contributed by atoms with Crippen LogP contribution in [-0.4, -0.2) is 75.1 Å². The van der Waals surface area contributed by atoms with Crippen LogP contribution in [-0.2, 0) is 19.1 Å². The molecule has 0 radical (unpaired) electrons. The molecule has 0 aromatic rings. The fourth-order valence-electron chi connectivity index (χ4n) is 0.834. The molecule has 1 saturated heterocycles. The first-order chi connectivity index (χ1) is 5.64. The molecule has 0 atom stereocenters. The Hall–Kier alpha value is 0.830. The minimum absolute atomic E-state index is 0. The van der Waals surface area contributed by atoms with Crippen LogP contribution in [0.15, 0.2) is 0 Å². The van der Waals surface area contributed by atoms with Crippen molar-refractivity contribution in [2.75, 3.05) is 32.1 Å². The van der Waals surface area contributed by atoms with Gasteiger partial charge in [0, 0.05) is 13.1 Å². The van der Waals surface area contributed by atoms with Crippen LogP contribution in [0.2, 0.25) is 0 Å². The minimum atomic E-state index is -3.35. The second-order valence-electron chi connectivity index (χ2n) is 2.46. The van der Waals surface area contributed by atoms with Crippen molar-refractivity contribution in [3.8, 4) is 0 Å². The van der Waals surface area contributed by atoms with Crippen LogP contribution in [0.1, 0.15) is 6.92 Å². The summed E-state index contributed by atoms with van der Waals surface area (Å²) in [5.74, 6) is 0.00432. The van der Waals surface area contributed by atoms with E-state index in [0.29, 0.717) is 26.3 Å². The molecule has 0 spiro atoms. The number of ether oxygens (including phenoxy) is 1. The first-order valence-electron chi connectivity index (χ1n) is 3.89. The van der Waals surface area contributed by atoms with Gasteiger partial charge in [0.15, 0.2) is 0 Å². The summed E-state index contributed by atoms with van der Waals surface area (Å²) in [6, 6.07) is 0. The van der Waals surface area contributed by atoms with Crippen molar-refractivity contribution in [1.29, 1.82) is 0 Å². The molecule has 0 aliphatic carbocycles. The summed E-state index contributed by atoms with van der Waals surface area (Å²) in [7, 11) is -3.35. The van der Waals surface area contributed by atoms with Crippen molar-refractivity contribution in [2.45, 2.75) is 6.92 Å². The van der Waals surface area contributed by atoms with Gasteiger partial charge in [-0.25, -0.2) is 0 Å². The Morgan fingerprint density at radius 1 is 1.38 bits per heavy atom. The number of hydrogen-bond acceptors (Lipinski definition) is 5. The number of hydroxylamine groups is 2. The molecule has 0 bridgehead atoms. The van der Waals surface area contributed by atoms with Gasteiger partial charge in [0.1, 0.15) is 0 Å². The molecule has 0 saturated carbocycles. The quantitative estimate of drug-likeness (QED) is 0.567. The topological polar surface area (TPSA) is 55.8 Å². The SMILES string of the molecule is CCS(=O)(=O)ON1CCOCC1.[NaH]. The zero-order valence-corrected chi connectivity index (χ0v) is 7.84. The number of rotatable bonds is 3. The van der Waals surface area contributed by atoms with E-state index in [4.69, 9.17) is 9.02 Å². The third kappa shape index (κ3) is 5.31. The van der Waals surface area contributed by atoms with Crippen LogP contribution in [0.25, 0.3) is 0 Å². The normalized spacial score (nSPS) is 19.5. The monoisotopic (exact) mass is 219 g/mol. The molecule has 1 rings (SSSR count). The predicted molar refractivity (Wildman–Crippen MR) is 50.1 cm³/mol. The molecule has 13 heavy (non-hydrogen) atoms. The summed E-state index contributed by atoms with van der Waals surface area (Å²) in [4.78, 5) is 0. The van der Waals surface area contributed by atoms with Crippen LogP contribution in [0, 0.1) is 0 Å². The molecule has 0 aromatic carbocycles. The standard InChI is InChI=1S/C6H13NO4S.Na.H/c1-2-12(8,9)11-7-3-5-10-6-4-7;;/h2-6H2,1H3;;. The molecular weight excluding hydrogens is 205 g/mol. The van der Waals surface area contributed by atoms with Gasteiger partial charge in [0.25, 0.3) is 10.1 Å². The van der Waals surface area contributed by atoms with E-state index in [0.717, 1.165) is 0 Å². The Balaban J connectivity index is 0.00000144. The van der Waals surface area contributed by atoms with Gasteiger partial charge in [-0.2, -0.15) is 17.8 Å². The average Bonchev–Trinajstić information content (AvgIpc) is 2.06. The van der Waals surface area contributed by atoms with Gasteiger partial charge in [0.2, 0.25) is 0 Å². The molecule has 1 heterocycles. The molecule has 0 unspecified atom stereocenters. The van der Waals surface area contributed by atoms with Crippen LogP contribution in [0.5, 0.6) is 0 Å². The van der Waals surface area contributed by atoms with Crippen molar-refractivity contribution in [2.24, 2.45) is 0 Å². The average molecular weight is 219 g/mol. The van der Waals surface area contributed by atoms with Crippen molar-refractivity contribution < 1.29 is 17.4 Å². The van der Waals surface area contributed by atoms with Gasteiger partial charge in [0.05, 0.1) is 19.0 Å². The predicted octanol–water partition coefficient (Wildman–Crippen LogP) is -1.05. The van der Waals surface area contributed by atoms with Gasteiger partial charge in [-0.1, -0.05) is 0 Å². The fourth-order valence-corrected chi connectivity index (χ4v) is 1.41. The van der Waals surface area contributed by atoms with Gasteiger partial charge in [-0.05, 0) is 6.92 Å². The third-order valence-electron chi connectivity index (χ3n) is 1.54. The maximum absolute atomic E-state index is 11.0. The van der Waals surface area contributed by atoms with Crippen molar-refractivity contribution >= 4 is 39.7 Å². The summed E-state index contributed by atoms with van der Waals surface area (Å²) in [5, 5.41) is 1.42. The van der Waals surface area contributed by atoms with E-state index in [-0.39, 0.29) is 35.3 Å². The summed E-state index contributed by atoms with van der Waals surface area (Å²) >= 11 is 0. The fraction of sp³-hybridized carbons (Fsp3) is 1.00. The molecule has 0 N–H and O–H groups in total. The van der Waals surface area contributed by atoms with Crippen molar-refractivity contribution in [3.05, 3.63) is 0 Å². The zero-order chi connectivity index (χ0) is 9.03. The Kier molecular flexibility index (Phi) is 6.74. The second-order valence-corrected chi connectivity index (χ2v) is 4.30. The molecule has 0 amide bonds. The van der Waals surface area contributed by atoms with Crippen molar-refractivity contribution in [3.63, 3.8) is 0 Å². The van der Waals surface area contributed by atoms with Crippen molar-refractivity contribution in [1.82, 2.24) is 5.06 Å². The summed E-state index contributed by atoms with van der Waals surface area (Å²) in [6.45, 7) is 3.63. The molecule has 7 heteroatoms. The summed E-state index contributed by atoms with van der Waals surface area (Å²) in [5.41, 5.74) is 0. The molecule has 74 valence electrons. The van der Waals surface area contributed by atoms with Gasteiger partial charge < -0.3 is 4.74 Å². The van der Waals surface area contributed by atoms with Crippen LogP contribution < -0.4 is 0 Å². The van der Waals surface area contributed by atoms with E-state index < -0.39 is 10.1 Å². The first-order valence-corrected chi connectivity index (χ1v) is 5.47. The summed E-state index contributed by atoms with van der Waals surface area (Å²) in [6.07, 6.45) is 0. The Morgan fingerprint density at radius 3 is 2.38 bits per heavy atom. The molecular formula is C6H14NNaO4S. The van der Waals surface area contributed by atoms with E-state index in [1.165, 1.54) is 5.06 Å². The van der Waals surface area contributed by atoms with Crippen LogP contribution in [0.4, 0.5) is 0 Å². The van der Waals surface area contributed by atoms with E-state index in [1.54, 1.807) is 6.92 Å². The molecule has 1 aliphatic rings. The first kappa shape index (κ1) is 13.8. The molecule has 5 nitrogen and oxygen atoms in total. The van der Waals surface area contributed by atoms with Crippen LogP contribution in [0.3, 0.4) is 0 Å².